The van der Waals surface area contributed by atoms with Crippen LogP contribution in [0.15, 0.2) is 18.2 Å². The van der Waals surface area contributed by atoms with Crippen LogP contribution in [0.25, 0.3) is 0 Å². The van der Waals surface area contributed by atoms with Gasteiger partial charge in [0.15, 0.2) is 0 Å². The summed E-state index contributed by atoms with van der Waals surface area (Å²) in [5.41, 5.74) is 1.34. The molecule has 1 aliphatic heterocycles. The molecule has 1 N–H and O–H groups in total. The zero-order valence-electron chi connectivity index (χ0n) is 8.22. The number of aryl methyl sites for hydroxylation is 1. The van der Waals surface area contributed by atoms with Gasteiger partial charge in [0.1, 0.15) is 5.82 Å². The van der Waals surface area contributed by atoms with Crippen LogP contribution in [-0.2, 0) is 4.74 Å². The lowest BCUT2D eigenvalue weighted by Gasteiger charge is -2.24. The summed E-state index contributed by atoms with van der Waals surface area (Å²) in [6.07, 6.45) is -0.136. The second kappa shape index (κ2) is 4.07. The third kappa shape index (κ3) is 1.79. The van der Waals surface area contributed by atoms with E-state index in [1.165, 1.54) is 0 Å². The number of ether oxygens (including phenoxy) is 1. The fourth-order valence-corrected chi connectivity index (χ4v) is 1.68. The van der Waals surface area contributed by atoms with E-state index in [0.717, 1.165) is 6.54 Å². The first-order chi connectivity index (χ1) is 6.79. The Hall–Kier alpha value is -0.930. The van der Waals surface area contributed by atoms with Gasteiger partial charge in [0.2, 0.25) is 0 Å². The number of benzene rings is 1. The van der Waals surface area contributed by atoms with E-state index in [0.29, 0.717) is 24.3 Å². The average Bonchev–Trinajstić information content (AvgIpc) is 2.23. The summed E-state index contributed by atoms with van der Waals surface area (Å²) in [6, 6.07) is 5.43. The summed E-state index contributed by atoms with van der Waals surface area (Å²) in [7, 11) is 0. The first kappa shape index (κ1) is 9.62. The normalized spacial score (nSPS) is 22.3. The summed E-state index contributed by atoms with van der Waals surface area (Å²) < 4.78 is 19.2. The van der Waals surface area contributed by atoms with Crippen molar-refractivity contribution in [1.29, 1.82) is 0 Å². The molecule has 76 valence electrons. The van der Waals surface area contributed by atoms with E-state index in [-0.39, 0.29) is 11.9 Å². The van der Waals surface area contributed by atoms with E-state index in [9.17, 15) is 4.39 Å². The Kier molecular flexibility index (Phi) is 2.79. The molecule has 0 radical (unpaired) electrons. The molecule has 1 aromatic carbocycles. The molecule has 1 fully saturated rings. The Morgan fingerprint density at radius 1 is 1.50 bits per heavy atom. The third-order valence-electron chi connectivity index (χ3n) is 2.50. The van der Waals surface area contributed by atoms with Crippen LogP contribution >= 0.6 is 0 Å². The zero-order valence-corrected chi connectivity index (χ0v) is 8.22. The van der Waals surface area contributed by atoms with Gasteiger partial charge in [0.05, 0.1) is 12.7 Å². The minimum atomic E-state index is -0.138. The van der Waals surface area contributed by atoms with Gasteiger partial charge in [-0.25, -0.2) is 4.39 Å². The molecule has 0 spiro atoms. The van der Waals surface area contributed by atoms with Crippen molar-refractivity contribution in [2.75, 3.05) is 19.7 Å². The van der Waals surface area contributed by atoms with E-state index in [2.05, 4.69) is 5.32 Å². The number of hydrogen-bond donors (Lipinski definition) is 1. The molecule has 0 saturated carbocycles. The molecule has 1 aromatic rings. The Morgan fingerprint density at radius 2 is 2.36 bits per heavy atom. The Morgan fingerprint density at radius 3 is 3.07 bits per heavy atom. The lowest BCUT2D eigenvalue weighted by molar-refractivity contribution is 0.0254. The molecule has 0 bridgehead atoms. The van der Waals surface area contributed by atoms with Gasteiger partial charge >= 0.3 is 0 Å². The van der Waals surface area contributed by atoms with Crippen LogP contribution in [-0.4, -0.2) is 19.7 Å². The highest BCUT2D eigenvalue weighted by atomic mass is 19.1. The number of hydrogen-bond acceptors (Lipinski definition) is 2. The van der Waals surface area contributed by atoms with Gasteiger partial charge in [-0.05, 0) is 12.5 Å². The molecule has 2 rings (SSSR count). The van der Waals surface area contributed by atoms with Crippen molar-refractivity contribution in [3.05, 3.63) is 35.1 Å². The second-order valence-electron chi connectivity index (χ2n) is 3.54. The van der Waals surface area contributed by atoms with Crippen LogP contribution in [0.5, 0.6) is 0 Å². The molecule has 1 unspecified atom stereocenters. The highest BCUT2D eigenvalue weighted by Crippen LogP contribution is 2.23. The number of nitrogens with one attached hydrogen (secondary N) is 1. The Labute approximate surface area is 83.1 Å². The lowest BCUT2D eigenvalue weighted by atomic mass is 10.0. The summed E-state index contributed by atoms with van der Waals surface area (Å²) >= 11 is 0. The molecule has 2 nitrogen and oxygen atoms in total. The molecule has 1 saturated heterocycles. The summed E-state index contributed by atoms with van der Waals surface area (Å²) in [6.45, 7) is 3.97. The van der Waals surface area contributed by atoms with Gasteiger partial charge < -0.3 is 10.1 Å². The van der Waals surface area contributed by atoms with Gasteiger partial charge in [-0.1, -0.05) is 18.2 Å². The van der Waals surface area contributed by atoms with Crippen molar-refractivity contribution in [3.8, 4) is 0 Å². The first-order valence-corrected chi connectivity index (χ1v) is 4.86. The molecule has 0 aromatic heterocycles. The molecular formula is C11H14FNO. The third-order valence-corrected chi connectivity index (χ3v) is 2.50. The first-order valence-electron chi connectivity index (χ1n) is 4.86. The SMILES string of the molecule is Cc1cccc(C2CNCCO2)c1F. The summed E-state index contributed by atoms with van der Waals surface area (Å²) in [5, 5.41) is 3.19. The molecule has 14 heavy (non-hydrogen) atoms. The van der Waals surface area contributed by atoms with Crippen molar-refractivity contribution in [1.82, 2.24) is 5.32 Å². The standard InChI is InChI=1S/C11H14FNO/c1-8-3-2-4-9(11(8)12)10-7-13-5-6-14-10/h2-4,10,13H,5-7H2,1H3. The van der Waals surface area contributed by atoms with Gasteiger partial charge in [-0.2, -0.15) is 0 Å². The van der Waals surface area contributed by atoms with E-state index in [4.69, 9.17) is 4.74 Å². The Bertz CT molecular complexity index is 321. The molecule has 1 heterocycles. The van der Waals surface area contributed by atoms with Crippen molar-refractivity contribution < 1.29 is 9.13 Å². The highest BCUT2D eigenvalue weighted by molar-refractivity contribution is 5.27. The van der Waals surface area contributed by atoms with Gasteiger partial charge in [0, 0.05) is 18.7 Å². The monoisotopic (exact) mass is 195 g/mol. The van der Waals surface area contributed by atoms with Crippen LogP contribution in [0.2, 0.25) is 0 Å². The van der Waals surface area contributed by atoms with E-state index in [1.54, 1.807) is 19.1 Å². The zero-order chi connectivity index (χ0) is 9.97. The summed E-state index contributed by atoms with van der Waals surface area (Å²) in [5.74, 6) is -0.138. The highest BCUT2D eigenvalue weighted by Gasteiger charge is 2.19. The van der Waals surface area contributed by atoms with Crippen LogP contribution in [0, 0.1) is 12.7 Å². The van der Waals surface area contributed by atoms with E-state index in [1.807, 2.05) is 6.07 Å². The maximum atomic E-state index is 13.7. The largest absolute Gasteiger partial charge is 0.371 e. The fourth-order valence-electron chi connectivity index (χ4n) is 1.68. The van der Waals surface area contributed by atoms with Crippen LogP contribution < -0.4 is 5.32 Å². The second-order valence-corrected chi connectivity index (χ2v) is 3.54. The maximum Gasteiger partial charge on any atom is 0.131 e. The predicted molar refractivity (Wildman–Crippen MR) is 52.7 cm³/mol. The molecule has 1 atom stereocenters. The minimum absolute atomic E-state index is 0.136. The van der Waals surface area contributed by atoms with Crippen molar-refractivity contribution in [2.45, 2.75) is 13.0 Å². The maximum absolute atomic E-state index is 13.7. The van der Waals surface area contributed by atoms with Crippen LogP contribution in [0.3, 0.4) is 0 Å². The molecule has 1 aliphatic rings. The van der Waals surface area contributed by atoms with Crippen LogP contribution in [0.4, 0.5) is 4.39 Å². The molecule has 0 amide bonds. The molecule has 3 heteroatoms. The van der Waals surface area contributed by atoms with Gasteiger partial charge in [0.25, 0.3) is 0 Å². The molecule has 0 aliphatic carbocycles. The predicted octanol–water partition coefficient (Wildman–Crippen LogP) is 1.80. The van der Waals surface area contributed by atoms with Crippen LogP contribution in [0.1, 0.15) is 17.2 Å². The average molecular weight is 195 g/mol. The number of morpholine rings is 1. The lowest BCUT2D eigenvalue weighted by Crippen LogP contribution is -2.33. The topological polar surface area (TPSA) is 21.3 Å². The smallest absolute Gasteiger partial charge is 0.131 e. The molecular weight excluding hydrogens is 181 g/mol. The van der Waals surface area contributed by atoms with Crippen molar-refractivity contribution in [2.24, 2.45) is 0 Å². The van der Waals surface area contributed by atoms with Crippen molar-refractivity contribution in [3.63, 3.8) is 0 Å². The van der Waals surface area contributed by atoms with E-state index < -0.39 is 0 Å². The Balaban J connectivity index is 2.26. The summed E-state index contributed by atoms with van der Waals surface area (Å²) in [4.78, 5) is 0. The van der Waals surface area contributed by atoms with Gasteiger partial charge in [-0.3, -0.25) is 0 Å². The number of halogens is 1. The van der Waals surface area contributed by atoms with E-state index >= 15 is 0 Å². The minimum Gasteiger partial charge on any atom is -0.371 e. The van der Waals surface area contributed by atoms with Crippen molar-refractivity contribution >= 4 is 0 Å². The fraction of sp³-hybridized carbons (Fsp3) is 0.455. The van der Waals surface area contributed by atoms with Gasteiger partial charge in [-0.15, -0.1) is 0 Å². The number of rotatable bonds is 1. The quantitative estimate of drug-likeness (QED) is 0.737.